The van der Waals surface area contributed by atoms with Crippen molar-refractivity contribution in [2.24, 2.45) is 10.9 Å². The van der Waals surface area contributed by atoms with E-state index in [0.717, 1.165) is 11.3 Å². The van der Waals surface area contributed by atoms with Crippen molar-refractivity contribution in [3.8, 4) is 5.75 Å². The molecule has 35 heavy (non-hydrogen) atoms. The Bertz CT molecular complexity index is 1240. The van der Waals surface area contributed by atoms with Crippen LogP contribution in [0.25, 0.3) is 0 Å². The van der Waals surface area contributed by atoms with Gasteiger partial charge in [-0.1, -0.05) is 5.16 Å². The number of amides is 2. The minimum Gasteiger partial charge on any atom is -0.493 e. The molecule has 1 aliphatic heterocycles. The number of nitrogens with two attached hydrogens (primary N) is 2. The highest BCUT2D eigenvalue weighted by molar-refractivity contribution is 7.84. The molecule has 7 N–H and O–H groups in total. The van der Waals surface area contributed by atoms with Gasteiger partial charge in [0.25, 0.3) is 11.8 Å². The van der Waals surface area contributed by atoms with E-state index in [-0.39, 0.29) is 39.9 Å². The van der Waals surface area contributed by atoms with E-state index < -0.39 is 34.2 Å². The summed E-state index contributed by atoms with van der Waals surface area (Å²) in [7, 11) is -4.73. The molecule has 2 aromatic rings. The number of nitrogens with zero attached hydrogens (tertiary/aromatic N) is 3. The average Bonchev–Trinajstić information content (AvgIpc) is 3.22. The first-order chi connectivity index (χ1) is 16.5. The lowest BCUT2D eigenvalue weighted by atomic mass is 10.0. The fourth-order valence-electron chi connectivity index (χ4n) is 3.07. The molecule has 1 fully saturated rings. The third-order valence-corrected chi connectivity index (χ3v) is 6.50. The number of β-lactam (4-membered cyclic amide) rings is 1. The monoisotopic (exact) mass is 525 g/mol. The number of aromatic nitrogens is 1. The maximum Gasteiger partial charge on any atom is 0.362 e. The van der Waals surface area contributed by atoms with Crippen LogP contribution in [0.15, 0.2) is 34.8 Å². The molecule has 3 rings (SSSR count). The zero-order chi connectivity index (χ0) is 25.8. The number of nitrogen functional groups attached to an aromatic ring is 2. The fraction of sp³-hybridized carbons (Fsp3) is 0.316. The Morgan fingerprint density at radius 1 is 1.34 bits per heavy atom. The van der Waals surface area contributed by atoms with E-state index in [1.165, 1.54) is 12.3 Å². The lowest BCUT2D eigenvalue weighted by Crippen LogP contribution is -2.71. The fourth-order valence-corrected chi connectivity index (χ4v) is 4.50. The summed E-state index contributed by atoms with van der Waals surface area (Å²) in [6.07, 6.45) is 0.410. The molecule has 1 aromatic carbocycles. The summed E-state index contributed by atoms with van der Waals surface area (Å²) in [6, 6.07) is 4.49. The standard InChI is InChI=1S/C19H23N7O7S2/c1-10-14(18(28)26(10)35(29,30)31)24-17(27)15(13-9-34-19(22)23-13)25-33-8-2-7-32-12-5-3-11(4-6-12)16(20)21/h3-6,9-10,14H,2,7-8H2,1H3,(H3,20,21)(H2,22,23)(H,24,27)(H,29,30,31)/b25-15-/t10-,14+/m1/s1. The summed E-state index contributed by atoms with van der Waals surface area (Å²) < 4.78 is 37.4. The number of thiazole rings is 1. The Hall–Kier alpha value is -3.76. The number of ether oxygens (including phenoxy) is 1. The van der Waals surface area contributed by atoms with Gasteiger partial charge in [0.15, 0.2) is 10.8 Å². The van der Waals surface area contributed by atoms with E-state index in [2.05, 4.69) is 15.5 Å². The molecule has 0 radical (unpaired) electrons. The number of amidine groups is 1. The molecule has 2 atom stereocenters. The van der Waals surface area contributed by atoms with Gasteiger partial charge < -0.3 is 26.4 Å². The van der Waals surface area contributed by atoms with Gasteiger partial charge in [-0.15, -0.1) is 11.3 Å². The summed E-state index contributed by atoms with van der Waals surface area (Å²) in [5.41, 5.74) is 11.5. The third-order valence-electron chi connectivity index (χ3n) is 4.82. The van der Waals surface area contributed by atoms with Crippen molar-refractivity contribution in [3.63, 3.8) is 0 Å². The normalized spacial score (nSPS) is 18.1. The van der Waals surface area contributed by atoms with Crippen LogP contribution in [0.5, 0.6) is 5.75 Å². The van der Waals surface area contributed by atoms with Gasteiger partial charge in [0.2, 0.25) is 0 Å². The first-order valence-electron chi connectivity index (χ1n) is 10.1. The maximum atomic E-state index is 12.8. The van der Waals surface area contributed by atoms with Gasteiger partial charge in [-0.05, 0) is 31.2 Å². The molecular weight excluding hydrogens is 502 g/mol. The van der Waals surface area contributed by atoms with Crippen molar-refractivity contribution in [1.29, 1.82) is 5.41 Å². The largest absolute Gasteiger partial charge is 0.493 e. The molecule has 14 nitrogen and oxygen atoms in total. The topological polar surface area (TPSA) is 223 Å². The van der Waals surface area contributed by atoms with Crippen LogP contribution in [0.2, 0.25) is 0 Å². The summed E-state index contributed by atoms with van der Waals surface area (Å²) in [5, 5.41) is 15.2. The Balaban J connectivity index is 1.56. The third kappa shape index (κ3) is 6.23. The summed E-state index contributed by atoms with van der Waals surface area (Å²) in [5.74, 6) is -1.29. The first kappa shape index (κ1) is 25.9. The highest BCUT2D eigenvalue weighted by Crippen LogP contribution is 2.23. The molecule has 0 aliphatic carbocycles. The molecule has 0 bridgehead atoms. The van der Waals surface area contributed by atoms with Crippen molar-refractivity contribution in [2.75, 3.05) is 18.9 Å². The van der Waals surface area contributed by atoms with Gasteiger partial charge in [-0.2, -0.15) is 8.42 Å². The summed E-state index contributed by atoms with van der Waals surface area (Å²) in [4.78, 5) is 34.0. The van der Waals surface area contributed by atoms with Crippen molar-refractivity contribution in [2.45, 2.75) is 25.4 Å². The molecule has 188 valence electrons. The smallest absolute Gasteiger partial charge is 0.362 e. The molecular formula is C19H23N7O7S2. The van der Waals surface area contributed by atoms with Gasteiger partial charge in [0, 0.05) is 17.4 Å². The van der Waals surface area contributed by atoms with Crippen LogP contribution in [-0.4, -0.2) is 70.9 Å². The van der Waals surface area contributed by atoms with Gasteiger partial charge in [0.1, 0.15) is 29.9 Å². The van der Waals surface area contributed by atoms with Gasteiger partial charge in [0.05, 0.1) is 12.6 Å². The zero-order valence-electron chi connectivity index (χ0n) is 18.4. The predicted octanol–water partition coefficient (Wildman–Crippen LogP) is -0.283. The van der Waals surface area contributed by atoms with Crippen molar-refractivity contribution < 1.29 is 32.1 Å². The zero-order valence-corrected chi connectivity index (χ0v) is 20.0. The number of nitrogens with one attached hydrogen (secondary N) is 2. The SMILES string of the molecule is C[C@@H]1[C@H](NC(=O)/C(=N\OCCCOc2ccc(C(=N)N)cc2)c2csc(N)n2)C(=O)N1S(=O)(=O)O. The van der Waals surface area contributed by atoms with E-state index in [4.69, 9.17) is 31.0 Å². The minimum absolute atomic E-state index is 0.0450. The Morgan fingerprint density at radius 3 is 2.57 bits per heavy atom. The van der Waals surface area contributed by atoms with Crippen LogP contribution < -0.4 is 21.5 Å². The molecule has 0 saturated carbocycles. The quantitative estimate of drug-likeness (QED) is 0.0644. The lowest BCUT2D eigenvalue weighted by molar-refractivity contribution is -0.143. The van der Waals surface area contributed by atoms with Crippen molar-refractivity contribution in [3.05, 3.63) is 40.9 Å². The molecule has 1 aliphatic rings. The molecule has 2 amide bonds. The Labute approximate surface area is 204 Å². The number of oxime groups is 1. The van der Waals surface area contributed by atoms with E-state index in [0.29, 0.717) is 17.7 Å². The summed E-state index contributed by atoms with van der Waals surface area (Å²) in [6.45, 7) is 1.71. The van der Waals surface area contributed by atoms with Crippen molar-refractivity contribution in [1.82, 2.24) is 14.6 Å². The number of benzene rings is 1. The number of rotatable bonds is 11. The van der Waals surface area contributed by atoms with Gasteiger partial charge in [-0.3, -0.25) is 19.6 Å². The minimum atomic E-state index is -4.73. The van der Waals surface area contributed by atoms with E-state index >= 15 is 0 Å². The summed E-state index contributed by atoms with van der Waals surface area (Å²) >= 11 is 1.06. The van der Waals surface area contributed by atoms with Crippen LogP contribution in [-0.2, 0) is 24.7 Å². The van der Waals surface area contributed by atoms with Crippen LogP contribution in [0, 0.1) is 5.41 Å². The van der Waals surface area contributed by atoms with Crippen LogP contribution in [0.1, 0.15) is 24.6 Å². The molecule has 0 spiro atoms. The Kier molecular flexibility index (Phi) is 7.88. The predicted molar refractivity (Wildman–Crippen MR) is 126 cm³/mol. The van der Waals surface area contributed by atoms with E-state index in [9.17, 15) is 18.0 Å². The first-order valence-corrected chi connectivity index (χ1v) is 12.4. The highest BCUT2D eigenvalue weighted by Gasteiger charge is 2.51. The van der Waals surface area contributed by atoms with Gasteiger partial charge in [-0.25, -0.2) is 9.29 Å². The second-order valence-electron chi connectivity index (χ2n) is 7.29. The number of hydrogen-bond donors (Lipinski definition) is 5. The maximum absolute atomic E-state index is 12.8. The van der Waals surface area contributed by atoms with Crippen LogP contribution >= 0.6 is 11.3 Å². The molecule has 0 unspecified atom stereocenters. The average molecular weight is 526 g/mol. The Morgan fingerprint density at radius 2 is 2.03 bits per heavy atom. The molecule has 16 heteroatoms. The number of carbonyl (C=O) groups excluding carboxylic acids is 2. The van der Waals surface area contributed by atoms with Crippen molar-refractivity contribution >= 4 is 50.1 Å². The highest BCUT2D eigenvalue weighted by atomic mass is 32.2. The van der Waals surface area contributed by atoms with Crippen LogP contribution in [0.3, 0.4) is 0 Å². The molecule has 1 aromatic heterocycles. The number of carbonyl (C=O) groups is 2. The van der Waals surface area contributed by atoms with E-state index in [1.807, 2.05) is 0 Å². The lowest BCUT2D eigenvalue weighted by Gasteiger charge is -2.42. The van der Waals surface area contributed by atoms with Gasteiger partial charge >= 0.3 is 10.3 Å². The second kappa shape index (κ2) is 10.7. The number of hydrogen-bond acceptors (Lipinski definition) is 11. The second-order valence-corrected chi connectivity index (χ2v) is 9.47. The van der Waals surface area contributed by atoms with E-state index in [1.54, 1.807) is 24.3 Å². The molecule has 1 saturated heterocycles. The molecule has 2 heterocycles. The van der Waals surface area contributed by atoms with Crippen LogP contribution in [0.4, 0.5) is 5.13 Å². The number of anilines is 1.